The van der Waals surface area contributed by atoms with E-state index < -0.39 is 23.9 Å². The molecule has 3 rings (SSSR count). The molecule has 2 amide bonds. The predicted octanol–water partition coefficient (Wildman–Crippen LogP) is 2.21. The van der Waals surface area contributed by atoms with Crippen molar-refractivity contribution in [1.29, 1.82) is 0 Å². The average Bonchev–Trinajstić information content (AvgIpc) is 2.67. The van der Waals surface area contributed by atoms with E-state index >= 15 is 0 Å². The molecule has 2 aromatic rings. The number of aryl methyl sites for hydroxylation is 1. The maximum Gasteiger partial charge on any atom is 0.339 e. The van der Waals surface area contributed by atoms with Gasteiger partial charge in [-0.1, -0.05) is 35.9 Å². The van der Waals surface area contributed by atoms with Crippen LogP contribution in [0.4, 0.5) is 5.69 Å². The van der Waals surface area contributed by atoms with E-state index in [-0.39, 0.29) is 0 Å². The predicted molar refractivity (Wildman–Crippen MR) is 100 cm³/mol. The van der Waals surface area contributed by atoms with Gasteiger partial charge in [0.05, 0.1) is 11.3 Å². The van der Waals surface area contributed by atoms with Crippen molar-refractivity contribution in [3.63, 3.8) is 0 Å². The summed E-state index contributed by atoms with van der Waals surface area (Å²) < 4.78 is 5.35. The summed E-state index contributed by atoms with van der Waals surface area (Å²) in [7, 11) is 0. The van der Waals surface area contributed by atoms with Gasteiger partial charge in [0.1, 0.15) is 6.10 Å². The third kappa shape index (κ3) is 4.38. The number of fused-ring (bicyclic) bond motifs is 1. The van der Waals surface area contributed by atoms with E-state index in [0.29, 0.717) is 23.4 Å². The molecule has 0 saturated carbocycles. The lowest BCUT2D eigenvalue weighted by atomic mass is 9.97. The zero-order chi connectivity index (χ0) is 19.4. The molecule has 1 atom stereocenters. The van der Waals surface area contributed by atoms with Crippen LogP contribution in [0.15, 0.2) is 53.6 Å². The highest BCUT2D eigenvalue weighted by molar-refractivity contribution is 6.39. The number of ether oxygens (including phenoxy) is 1. The Morgan fingerprint density at radius 2 is 1.78 bits per heavy atom. The number of hydrogen-bond donors (Lipinski definition) is 2. The van der Waals surface area contributed by atoms with E-state index in [4.69, 9.17) is 4.74 Å². The van der Waals surface area contributed by atoms with Gasteiger partial charge >= 0.3 is 17.8 Å². The minimum Gasteiger partial charge on any atom is -0.452 e. The molecule has 2 aromatic carbocycles. The molecule has 0 aromatic heterocycles. The molecule has 0 fully saturated rings. The third-order valence-corrected chi connectivity index (χ3v) is 4.21. The zero-order valence-corrected chi connectivity index (χ0v) is 15.0. The first-order valence-corrected chi connectivity index (χ1v) is 8.45. The fourth-order valence-corrected chi connectivity index (χ4v) is 2.65. The SMILES string of the molecule is C/C(=N/NC(=O)C(=O)Nc1ccc(C)cc1)C1Cc2ccccc2C(=O)O1. The molecular weight excluding hydrogens is 346 g/mol. The molecule has 1 unspecified atom stereocenters. The smallest absolute Gasteiger partial charge is 0.339 e. The van der Waals surface area contributed by atoms with Crippen LogP contribution in [-0.4, -0.2) is 29.6 Å². The summed E-state index contributed by atoms with van der Waals surface area (Å²) in [5, 5.41) is 6.40. The molecule has 1 aliphatic rings. The highest BCUT2D eigenvalue weighted by atomic mass is 16.5. The van der Waals surface area contributed by atoms with Crippen LogP contribution in [0.1, 0.15) is 28.4 Å². The number of benzene rings is 2. The van der Waals surface area contributed by atoms with Crippen molar-refractivity contribution in [2.24, 2.45) is 5.10 Å². The summed E-state index contributed by atoms with van der Waals surface area (Å²) >= 11 is 0. The van der Waals surface area contributed by atoms with Crippen molar-refractivity contribution in [3.05, 3.63) is 65.2 Å². The lowest BCUT2D eigenvalue weighted by Gasteiger charge is -2.24. The molecule has 1 aliphatic heterocycles. The Hall–Kier alpha value is -3.48. The number of nitrogens with one attached hydrogen (secondary N) is 2. The topological polar surface area (TPSA) is 96.9 Å². The van der Waals surface area contributed by atoms with E-state index in [1.807, 2.05) is 31.2 Å². The van der Waals surface area contributed by atoms with Crippen molar-refractivity contribution in [1.82, 2.24) is 5.43 Å². The lowest BCUT2D eigenvalue weighted by molar-refractivity contribution is -0.136. The van der Waals surface area contributed by atoms with E-state index in [0.717, 1.165) is 11.1 Å². The van der Waals surface area contributed by atoms with Crippen LogP contribution in [-0.2, 0) is 20.7 Å². The maximum atomic E-state index is 12.0. The Labute approximate surface area is 156 Å². The molecule has 2 N–H and O–H groups in total. The summed E-state index contributed by atoms with van der Waals surface area (Å²) in [6, 6.07) is 14.2. The number of hydrazone groups is 1. The summed E-state index contributed by atoms with van der Waals surface area (Å²) in [6.45, 7) is 3.55. The number of hydrogen-bond acceptors (Lipinski definition) is 5. The molecule has 7 nitrogen and oxygen atoms in total. The summed E-state index contributed by atoms with van der Waals surface area (Å²) in [5.41, 5.74) is 5.54. The van der Waals surface area contributed by atoms with Gasteiger partial charge in [0.25, 0.3) is 0 Å². The van der Waals surface area contributed by atoms with Crippen LogP contribution < -0.4 is 10.7 Å². The monoisotopic (exact) mass is 365 g/mol. The zero-order valence-electron chi connectivity index (χ0n) is 15.0. The van der Waals surface area contributed by atoms with Gasteiger partial charge in [-0.25, -0.2) is 10.2 Å². The van der Waals surface area contributed by atoms with E-state index in [2.05, 4.69) is 15.8 Å². The normalized spacial score (nSPS) is 16.1. The Morgan fingerprint density at radius 1 is 1.07 bits per heavy atom. The number of carbonyl (C=O) groups is 3. The second kappa shape index (κ2) is 7.82. The summed E-state index contributed by atoms with van der Waals surface area (Å²) in [6.07, 6.45) is -0.129. The number of anilines is 1. The van der Waals surface area contributed by atoms with Crippen molar-refractivity contribution in [2.75, 3.05) is 5.32 Å². The Morgan fingerprint density at radius 3 is 2.52 bits per heavy atom. The summed E-state index contributed by atoms with van der Waals surface area (Å²) in [4.78, 5) is 35.9. The van der Waals surface area contributed by atoms with Crippen LogP contribution in [0, 0.1) is 6.92 Å². The molecular formula is C20H19N3O4. The van der Waals surface area contributed by atoms with Gasteiger partial charge in [-0.3, -0.25) is 9.59 Å². The average molecular weight is 365 g/mol. The third-order valence-electron chi connectivity index (χ3n) is 4.21. The highest BCUT2D eigenvalue weighted by Gasteiger charge is 2.28. The van der Waals surface area contributed by atoms with Crippen molar-refractivity contribution in [3.8, 4) is 0 Å². The van der Waals surface area contributed by atoms with Crippen LogP contribution in [0.5, 0.6) is 0 Å². The van der Waals surface area contributed by atoms with Gasteiger partial charge in [-0.2, -0.15) is 5.10 Å². The highest BCUT2D eigenvalue weighted by Crippen LogP contribution is 2.21. The van der Waals surface area contributed by atoms with E-state index in [1.54, 1.807) is 31.2 Å². The first-order chi connectivity index (χ1) is 12.9. The Kier molecular flexibility index (Phi) is 5.30. The van der Waals surface area contributed by atoms with Gasteiger partial charge in [0, 0.05) is 12.1 Å². The second-order valence-electron chi connectivity index (χ2n) is 6.27. The summed E-state index contributed by atoms with van der Waals surface area (Å²) in [5.74, 6) is -2.17. The molecule has 0 saturated heterocycles. The first kappa shape index (κ1) is 18.3. The number of rotatable bonds is 3. The van der Waals surface area contributed by atoms with Gasteiger partial charge in [-0.15, -0.1) is 0 Å². The molecule has 0 spiro atoms. The maximum absolute atomic E-state index is 12.0. The Bertz CT molecular complexity index is 919. The first-order valence-electron chi connectivity index (χ1n) is 8.45. The van der Waals surface area contributed by atoms with Crippen LogP contribution >= 0.6 is 0 Å². The molecule has 0 radical (unpaired) electrons. The van der Waals surface area contributed by atoms with Gasteiger partial charge in [0.2, 0.25) is 0 Å². The molecule has 138 valence electrons. The number of cyclic esters (lactones) is 1. The molecule has 0 bridgehead atoms. The van der Waals surface area contributed by atoms with Crippen molar-refractivity contribution in [2.45, 2.75) is 26.4 Å². The van der Waals surface area contributed by atoms with Crippen LogP contribution in [0.2, 0.25) is 0 Å². The standard InChI is InChI=1S/C20H19N3O4/c1-12-7-9-15(10-8-12)21-18(24)19(25)23-22-13(2)17-11-14-5-3-4-6-16(14)20(26)27-17/h3-10,17H,11H2,1-2H3,(H,21,24)(H,23,25)/b22-13-. The Balaban J connectivity index is 1.60. The minimum atomic E-state index is -0.905. The van der Waals surface area contributed by atoms with Crippen LogP contribution in [0.25, 0.3) is 0 Å². The van der Waals surface area contributed by atoms with E-state index in [9.17, 15) is 14.4 Å². The molecule has 0 aliphatic carbocycles. The van der Waals surface area contributed by atoms with E-state index in [1.165, 1.54) is 0 Å². The minimum absolute atomic E-state index is 0.398. The quantitative estimate of drug-likeness (QED) is 0.377. The van der Waals surface area contributed by atoms with Crippen molar-refractivity contribution < 1.29 is 19.1 Å². The molecule has 7 heteroatoms. The largest absolute Gasteiger partial charge is 0.452 e. The lowest BCUT2D eigenvalue weighted by Crippen LogP contribution is -2.37. The van der Waals surface area contributed by atoms with Crippen LogP contribution in [0.3, 0.4) is 0 Å². The van der Waals surface area contributed by atoms with Gasteiger partial charge in [0.15, 0.2) is 0 Å². The van der Waals surface area contributed by atoms with Crippen molar-refractivity contribution >= 4 is 29.2 Å². The number of nitrogens with zero attached hydrogens (tertiary/aromatic N) is 1. The van der Waals surface area contributed by atoms with Gasteiger partial charge in [-0.05, 0) is 37.6 Å². The number of carbonyl (C=O) groups excluding carboxylic acids is 3. The molecule has 27 heavy (non-hydrogen) atoms. The fourth-order valence-electron chi connectivity index (χ4n) is 2.65. The van der Waals surface area contributed by atoms with Gasteiger partial charge < -0.3 is 10.1 Å². The number of esters is 1. The number of amides is 2. The fraction of sp³-hybridized carbons (Fsp3) is 0.200. The molecule has 1 heterocycles. The second-order valence-corrected chi connectivity index (χ2v) is 6.27.